The Morgan fingerprint density at radius 3 is 2.68 bits per heavy atom. The zero-order valence-corrected chi connectivity index (χ0v) is 13.4. The van der Waals surface area contributed by atoms with Crippen molar-refractivity contribution in [2.45, 2.75) is 51.2 Å². The van der Waals surface area contributed by atoms with Gasteiger partial charge in [0, 0.05) is 38.8 Å². The average molecular weight is 309 g/mol. The van der Waals surface area contributed by atoms with Crippen LogP contribution in [0.3, 0.4) is 0 Å². The van der Waals surface area contributed by atoms with Crippen molar-refractivity contribution in [1.82, 2.24) is 15.1 Å². The second-order valence-corrected chi connectivity index (χ2v) is 6.55. The number of rotatable bonds is 3. The van der Waals surface area contributed by atoms with Crippen LogP contribution in [-0.2, 0) is 9.53 Å². The number of amides is 3. The van der Waals surface area contributed by atoms with Crippen LogP contribution in [-0.4, -0.2) is 66.7 Å². The first-order valence-corrected chi connectivity index (χ1v) is 8.65. The summed E-state index contributed by atoms with van der Waals surface area (Å²) in [5.41, 5.74) is 0. The summed E-state index contributed by atoms with van der Waals surface area (Å²) in [6, 6.07) is 0.340. The highest BCUT2D eigenvalue weighted by Crippen LogP contribution is 2.27. The van der Waals surface area contributed by atoms with Crippen molar-refractivity contribution in [2.75, 3.05) is 32.8 Å². The molecular formula is C16H27N3O3. The number of nitrogens with zero attached hydrogens (tertiary/aromatic N) is 2. The maximum atomic E-state index is 12.8. The zero-order valence-electron chi connectivity index (χ0n) is 13.4. The summed E-state index contributed by atoms with van der Waals surface area (Å²) in [5.74, 6) is 0.293. The highest BCUT2D eigenvalue weighted by molar-refractivity contribution is 5.80. The number of likely N-dealkylation sites (tertiary alicyclic amines) is 1. The third kappa shape index (κ3) is 3.07. The van der Waals surface area contributed by atoms with Gasteiger partial charge in [-0.1, -0.05) is 6.92 Å². The molecule has 0 aromatic carbocycles. The molecule has 0 saturated carbocycles. The molecule has 3 aliphatic heterocycles. The summed E-state index contributed by atoms with van der Waals surface area (Å²) < 4.78 is 5.76. The van der Waals surface area contributed by atoms with E-state index in [1.165, 1.54) is 0 Å². The first kappa shape index (κ1) is 15.6. The van der Waals surface area contributed by atoms with Gasteiger partial charge in [-0.2, -0.15) is 0 Å². The molecule has 3 heterocycles. The van der Waals surface area contributed by atoms with Gasteiger partial charge in [-0.05, 0) is 32.1 Å². The van der Waals surface area contributed by atoms with Crippen LogP contribution in [0.15, 0.2) is 0 Å². The molecule has 0 aliphatic carbocycles. The lowest BCUT2D eigenvalue weighted by Gasteiger charge is -2.39. The van der Waals surface area contributed by atoms with Gasteiger partial charge in [0.1, 0.15) is 0 Å². The number of piperidine rings is 1. The molecule has 0 bridgehead atoms. The summed E-state index contributed by atoms with van der Waals surface area (Å²) >= 11 is 0. The molecule has 3 amide bonds. The van der Waals surface area contributed by atoms with Crippen molar-refractivity contribution in [2.24, 2.45) is 5.92 Å². The van der Waals surface area contributed by atoms with E-state index in [2.05, 4.69) is 12.2 Å². The molecule has 6 heteroatoms. The van der Waals surface area contributed by atoms with Crippen molar-refractivity contribution in [1.29, 1.82) is 0 Å². The van der Waals surface area contributed by atoms with E-state index in [0.29, 0.717) is 0 Å². The molecule has 0 aromatic rings. The molecule has 3 aliphatic rings. The smallest absolute Gasteiger partial charge is 0.317 e. The van der Waals surface area contributed by atoms with E-state index in [4.69, 9.17) is 4.74 Å². The lowest BCUT2D eigenvalue weighted by molar-refractivity contribution is -0.146. The van der Waals surface area contributed by atoms with Crippen molar-refractivity contribution in [3.63, 3.8) is 0 Å². The molecule has 3 rings (SSSR count). The molecule has 124 valence electrons. The number of urea groups is 1. The maximum absolute atomic E-state index is 12.8. The van der Waals surface area contributed by atoms with E-state index in [0.717, 1.165) is 64.9 Å². The minimum Gasteiger partial charge on any atom is -0.377 e. The molecule has 1 N–H and O–H groups in total. The molecule has 0 aromatic heterocycles. The van der Waals surface area contributed by atoms with Gasteiger partial charge in [-0.15, -0.1) is 0 Å². The Balaban J connectivity index is 1.54. The second kappa shape index (κ2) is 6.86. The van der Waals surface area contributed by atoms with Crippen molar-refractivity contribution < 1.29 is 14.3 Å². The fourth-order valence-corrected chi connectivity index (χ4v) is 3.99. The largest absolute Gasteiger partial charge is 0.377 e. The van der Waals surface area contributed by atoms with Gasteiger partial charge in [0.05, 0.1) is 12.0 Å². The Kier molecular flexibility index (Phi) is 4.86. The molecule has 0 radical (unpaired) electrons. The Labute approximate surface area is 132 Å². The Hall–Kier alpha value is -1.30. The normalized spacial score (nSPS) is 30.5. The van der Waals surface area contributed by atoms with Crippen LogP contribution in [0.4, 0.5) is 4.79 Å². The summed E-state index contributed by atoms with van der Waals surface area (Å²) in [4.78, 5) is 28.4. The highest BCUT2D eigenvalue weighted by Gasteiger charge is 2.37. The monoisotopic (exact) mass is 309 g/mol. The minimum atomic E-state index is 0.0328. The van der Waals surface area contributed by atoms with Crippen LogP contribution in [0.1, 0.15) is 39.0 Å². The van der Waals surface area contributed by atoms with Gasteiger partial charge < -0.3 is 19.9 Å². The average Bonchev–Trinajstić information content (AvgIpc) is 3.00. The summed E-state index contributed by atoms with van der Waals surface area (Å²) in [6.07, 6.45) is 4.71. The van der Waals surface area contributed by atoms with Gasteiger partial charge >= 0.3 is 6.03 Å². The van der Waals surface area contributed by atoms with Crippen molar-refractivity contribution >= 4 is 11.9 Å². The maximum Gasteiger partial charge on any atom is 0.317 e. The van der Waals surface area contributed by atoms with Crippen LogP contribution < -0.4 is 5.32 Å². The fourth-order valence-electron chi connectivity index (χ4n) is 3.99. The van der Waals surface area contributed by atoms with Crippen LogP contribution in [0, 0.1) is 5.92 Å². The van der Waals surface area contributed by atoms with Gasteiger partial charge in [-0.25, -0.2) is 4.79 Å². The number of carbonyl (C=O) groups is 2. The third-order valence-corrected chi connectivity index (χ3v) is 5.27. The first-order valence-electron chi connectivity index (χ1n) is 8.65. The van der Waals surface area contributed by atoms with Crippen molar-refractivity contribution in [3.05, 3.63) is 0 Å². The Morgan fingerprint density at radius 2 is 2.05 bits per heavy atom. The molecule has 0 spiro atoms. The highest BCUT2D eigenvalue weighted by atomic mass is 16.5. The van der Waals surface area contributed by atoms with Crippen LogP contribution in [0.2, 0.25) is 0 Å². The quantitative estimate of drug-likeness (QED) is 0.852. The Bertz CT molecular complexity index is 421. The first-order chi connectivity index (χ1) is 10.7. The number of hydrogen-bond donors (Lipinski definition) is 1. The van der Waals surface area contributed by atoms with E-state index in [1.54, 1.807) is 0 Å². The molecule has 0 unspecified atom stereocenters. The van der Waals surface area contributed by atoms with E-state index in [1.807, 2.05) is 9.80 Å². The SMILES string of the molecule is CC[C@@H]1OCCC[C@H]1C(=O)N1CCC(N2CCNC2=O)CC1. The molecular weight excluding hydrogens is 282 g/mol. The van der Waals surface area contributed by atoms with Crippen LogP contribution in [0.5, 0.6) is 0 Å². The number of ether oxygens (including phenoxy) is 1. The number of hydrogen-bond acceptors (Lipinski definition) is 3. The minimum absolute atomic E-state index is 0.0328. The predicted molar refractivity (Wildman–Crippen MR) is 82.5 cm³/mol. The topological polar surface area (TPSA) is 61.9 Å². The number of nitrogens with one attached hydrogen (secondary N) is 1. The predicted octanol–water partition coefficient (Wildman–Crippen LogP) is 1.21. The van der Waals surface area contributed by atoms with E-state index < -0.39 is 0 Å². The van der Waals surface area contributed by atoms with Gasteiger partial charge in [0.25, 0.3) is 0 Å². The van der Waals surface area contributed by atoms with Crippen LogP contribution in [0.25, 0.3) is 0 Å². The van der Waals surface area contributed by atoms with Crippen molar-refractivity contribution in [3.8, 4) is 0 Å². The lowest BCUT2D eigenvalue weighted by atomic mass is 9.90. The standard InChI is InChI=1S/C16H27N3O3/c1-2-14-13(4-3-11-22-14)15(20)18-8-5-12(6-9-18)19-10-7-17-16(19)21/h12-14H,2-11H2,1H3,(H,17,21)/t13-,14+/m1/s1. The van der Waals surface area contributed by atoms with Crippen LogP contribution >= 0.6 is 0 Å². The molecule has 2 atom stereocenters. The second-order valence-electron chi connectivity index (χ2n) is 6.55. The van der Waals surface area contributed by atoms with Gasteiger partial charge in [0.15, 0.2) is 0 Å². The van der Waals surface area contributed by atoms with Gasteiger partial charge in [0.2, 0.25) is 5.91 Å². The lowest BCUT2D eigenvalue weighted by Crippen LogP contribution is -2.51. The molecule has 6 nitrogen and oxygen atoms in total. The van der Waals surface area contributed by atoms with E-state index in [-0.39, 0.29) is 30.0 Å². The van der Waals surface area contributed by atoms with E-state index >= 15 is 0 Å². The fraction of sp³-hybridized carbons (Fsp3) is 0.875. The molecule has 22 heavy (non-hydrogen) atoms. The summed E-state index contributed by atoms with van der Waals surface area (Å²) in [7, 11) is 0. The summed E-state index contributed by atoms with van der Waals surface area (Å²) in [5, 5.41) is 2.86. The molecule has 3 fully saturated rings. The summed E-state index contributed by atoms with van der Waals surface area (Å²) in [6.45, 7) is 5.95. The third-order valence-electron chi connectivity index (χ3n) is 5.27. The molecule has 3 saturated heterocycles. The van der Waals surface area contributed by atoms with E-state index in [9.17, 15) is 9.59 Å². The zero-order chi connectivity index (χ0) is 15.5. The van der Waals surface area contributed by atoms with Gasteiger partial charge in [-0.3, -0.25) is 4.79 Å². The number of carbonyl (C=O) groups excluding carboxylic acids is 2. The Morgan fingerprint density at radius 1 is 1.27 bits per heavy atom.